The van der Waals surface area contributed by atoms with Gasteiger partial charge in [0.05, 0.1) is 5.56 Å². The van der Waals surface area contributed by atoms with Gasteiger partial charge in [0.2, 0.25) is 5.95 Å². The maximum atomic E-state index is 11.9. The Hall–Kier alpha value is -2.44. The van der Waals surface area contributed by atoms with Gasteiger partial charge in [-0.3, -0.25) is 10.1 Å². The topological polar surface area (TPSA) is 84.7 Å². The number of carbonyl (C=O) groups is 1. The highest BCUT2D eigenvalue weighted by molar-refractivity contribution is 6.03. The third-order valence-electron chi connectivity index (χ3n) is 2.32. The summed E-state index contributed by atoms with van der Waals surface area (Å²) in [6.07, 6.45) is 2.89. The van der Waals surface area contributed by atoms with Crippen molar-refractivity contribution in [2.45, 2.75) is 6.92 Å². The van der Waals surface area contributed by atoms with Gasteiger partial charge in [-0.1, -0.05) is 0 Å². The van der Waals surface area contributed by atoms with Crippen LogP contribution < -0.4 is 10.6 Å². The van der Waals surface area contributed by atoms with Crippen LogP contribution in [0.5, 0.6) is 0 Å². The number of aryl methyl sites for hydroxylation is 1. The van der Waals surface area contributed by atoms with Gasteiger partial charge in [-0.15, -0.1) is 0 Å². The van der Waals surface area contributed by atoms with Crippen LogP contribution in [-0.2, 0) is 7.05 Å². The minimum Gasteiger partial charge on any atom is -0.370 e. The molecular weight excluding hydrogens is 232 g/mol. The molecule has 2 N–H and O–H groups in total. The van der Waals surface area contributed by atoms with Gasteiger partial charge in [-0.05, 0) is 19.1 Å². The molecule has 7 heteroatoms. The zero-order valence-electron chi connectivity index (χ0n) is 10.2. The number of pyridine rings is 1. The van der Waals surface area contributed by atoms with Gasteiger partial charge >= 0.3 is 0 Å². The Labute approximate surface area is 104 Å². The molecule has 0 unspecified atom stereocenters. The summed E-state index contributed by atoms with van der Waals surface area (Å²) < 4.78 is 1.48. The molecule has 18 heavy (non-hydrogen) atoms. The Morgan fingerprint density at radius 1 is 1.39 bits per heavy atom. The van der Waals surface area contributed by atoms with Crippen molar-refractivity contribution in [1.29, 1.82) is 0 Å². The minimum atomic E-state index is -0.262. The van der Waals surface area contributed by atoms with Crippen LogP contribution in [0.4, 0.5) is 11.8 Å². The Bertz CT molecular complexity index is 533. The van der Waals surface area contributed by atoms with E-state index < -0.39 is 0 Å². The van der Waals surface area contributed by atoms with Gasteiger partial charge in [-0.25, -0.2) is 9.67 Å². The fourth-order valence-electron chi connectivity index (χ4n) is 1.40. The lowest BCUT2D eigenvalue weighted by atomic mass is 10.2. The highest BCUT2D eigenvalue weighted by Gasteiger charge is 2.09. The van der Waals surface area contributed by atoms with E-state index in [0.29, 0.717) is 11.5 Å². The third-order valence-corrected chi connectivity index (χ3v) is 2.32. The van der Waals surface area contributed by atoms with E-state index in [2.05, 4.69) is 25.7 Å². The molecule has 0 spiro atoms. The molecule has 0 radical (unpaired) electrons. The van der Waals surface area contributed by atoms with Crippen LogP contribution in [0, 0.1) is 0 Å². The molecule has 0 saturated heterocycles. The van der Waals surface area contributed by atoms with Gasteiger partial charge < -0.3 is 5.32 Å². The first-order chi connectivity index (χ1) is 8.70. The van der Waals surface area contributed by atoms with E-state index in [1.807, 2.05) is 6.92 Å². The van der Waals surface area contributed by atoms with Gasteiger partial charge in [-0.2, -0.15) is 10.1 Å². The van der Waals surface area contributed by atoms with Crippen LogP contribution in [0.1, 0.15) is 17.3 Å². The number of nitrogens with zero attached hydrogens (tertiary/aromatic N) is 4. The first-order valence-electron chi connectivity index (χ1n) is 5.56. The SMILES string of the molecule is CCNc1ccc(C(=O)Nc2ncnn2C)cn1. The second-order valence-corrected chi connectivity index (χ2v) is 3.62. The summed E-state index contributed by atoms with van der Waals surface area (Å²) in [6, 6.07) is 3.46. The molecule has 0 saturated carbocycles. The molecule has 2 aromatic heterocycles. The van der Waals surface area contributed by atoms with Gasteiger partial charge in [0.25, 0.3) is 5.91 Å². The van der Waals surface area contributed by atoms with Crippen molar-refractivity contribution in [3.8, 4) is 0 Å². The number of hydrogen-bond acceptors (Lipinski definition) is 5. The number of nitrogens with one attached hydrogen (secondary N) is 2. The Morgan fingerprint density at radius 3 is 2.78 bits per heavy atom. The molecule has 7 nitrogen and oxygen atoms in total. The smallest absolute Gasteiger partial charge is 0.259 e. The largest absolute Gasteiger partial charge is 0.370 e. The number of anilines is 2. The van der Waals surface area contributed by atoms with Crippen LogP contribution in [0.15, 0.2) is 24.7 Å². The highest BCUT2D eigenvalue weighted by atomic mass is 16.1. The quantitative estimate of drug-likeness (QED) is 0.837. The molecule has 2 heterocycles. The van der Waals surface area contributed by atoms with Gasteiger partial charge in [0, 0.05) is 19.8 Å². The van der Waals surface area contributed by atoms with Gasteiger partial charge in [0.1, 0.15) is 12.1 Å². The summed E-state index contributed by atoms with van der Waals surface area (Å²) in [5, 5.41) is 9.57. The van der Waals surface area contributed by atoms with Crippen LogP contribution in [0.2, 0.25) is 0 Å². The molecule has 0 atom stereocenters. The normalized spacial score (nSPS) is 10.1. The van der Waals surface area contributed by atoms with Crippen molar-refractivity contribution in [1.82, 2.24) is 19.7 Å². The molecule has 0 aliphatic heterocycles. The molecule has 0 aliphatic carbocycles. The minimum absolute atomic E-state index is 0.262. The second-order valence-electron chi connectivity index (χ2n) is 3.62. The van der Waals surface area contributed by atoms with Crippen molar-refractivity contribution in [3.63, 3.8) is 0 Å². The van der Waals surface area contributed by atoms with Crippen molar-refractivity contribution in [3.05, 3.63) is 30.2 Å². The molecular formula is C11H14N6O. The summed E-state index contributed by atoms with van der Waals surface area (Å²) in [4.78, 5) is 19.9. The van der Waals surface area contributed by atoms with Crippen molar-refractivity contribution >= 4 is 17.7 Å². The fourth-order valence-corrected chi connectivity index (χ4v) is 1.40. The average molecular weight is 246 g/mol. The Morgan fingerprint density at radius 2 is 2.22 bits per heavy atom. The molecule has 2 rings (SSSR count). The molecule has 0 fully saturated rings. The predicted octanol–water partition coefficient (Wildman–Crippen LogP) is 0.894. The van der Waals surface area contributed by atoms with Crippen molar-refractivity contribution < 1.29 is 4.79 Å². The first-order valence-corrected chi connectivity index (χ1v) is 5.56. The van der Waals surface area contributed by atoms with E-state index >= 15 is 0 Å². The van der Waals surface area contributed by atoms with E-state index in [9.17, 15) is 4.79 Å². The lowest BCUT2D eigenvalue weighted by Crippen LogP contribution is -2.15. The third kappa shape index (κ3) is 2.62. The molecule has 0 aliphatic rings. The Balaban J connectivity index is 2.07. The molecule has 94 valence electrons. The summed E-state index contributed by atoms with van der Waals surface area (Å²) in [5.41, 5.74) is 0.472. The number of hydrogen-bond donors (Lipinski definition) is 2. The second kappa shape index (κ2) is 5.26. The zero-order chi connectivity index (χ0) is 13.0. The summed E-state index contributed by atoms with van der Waals surface area (Å²) >= 11 is 0. The molecule has 1 amide bonds. The average Bonchev–Trinajstić information content (AvgIpc) is 2.76. The van der Waals surface area contributed by atoms with Gasteiger partial charge in [0.15, 0.2) is 0 Å². The van der Waals surface area contributed by atoms with Crippen LogP contribution in [-0.4, -0.2) is 32.2 Å². The van der Waals surface area contributed by atoms with E-state index in [4.69, 9.17) is 0 Å². The van der Waals surface area contributed by atoms with E-state index in [1.54, 1.807) is 19.2 Å². The van der Waals surface area contributed by atoms with Crippen molar-refractivity contribution in [2.75, 3.05) is 17.2 Å². The highest BCUT2D eigenvalue weighted by Crippen LogP contribution is 2.07. The van der Waals surface area contributed by atoms with Crippen LogP contribution in [0.25, 0.3) is 0 Å². The number of amides is 1. The standard InChI is InChI=1S/C11H14N6O/c1-3-12-9-5-4-8(6-13-9)10(18)16-11-14-7-15-17(11)2/h4-7H,3H2,1-2H3,(H,12,13)(H,14,15,16,18). The molecule has 0 bridgehead atoms. The Kier molecular flexibility index (Phi) is 3.52. The first kappa shape index (κ1) is 12.0. The summed E-state index contributed by atoms with van der Waals surface area (Å²) in [5.74, 6) is 0.880. The van der Waals surface area contributed by atoms with E-state index in [1.165, 1.54) is 17.2 Å². The molecule has 0 aromatic carbocycles. The number of rotatable bonds is 4. The number of aromatic nitrogens is 4. The van der Waals surface area contributed by atoms with E-state index in [0.717, 1.165) is 12.4 Å². The van der Waals surface area contributed by atoms with Crippen LogP contribution >= 0.6 is 0 Å². The maximum Gasteiger partial charge on any atom is 0.259 e. The summed E-state index contributed by atoms with van der Waals surface area (Å²) in [7, 11) is 1.70. The lowest BCUT2D eigenvalue weighted by Gasteiger charge is -2.05. The van der Waals surface area contributed by atoms with E-state index in [-0.39, 0.29) is 5.91 Å². The lowest BCUT2D eigenvalue weighted by molar-refractivity contribution is 0.102. The fraction of sp³-hybridized carbons (Fsp3) is 0.273. The number of carbonyl (C=O) groups excluding carboxylic acids is 1. The predicted molar refractivity (Wildman–Crippen MR) is 67.4 cm³/mol. The van der Waals surface area contributed by atoms with Crippen LogP contribution in [0.3, 0.4) is 0 Å². The summed E-state index contributed by atoms with van der Waals surface area (Å²) in [6.45, 7) is 2.77. The zero-order valence-corrected chi connectivity index (χ0v) is 10.2. The maximum absolute atomic E-state index is 11.9. The van der Waals surface area contributed by atoms with Crippen molar-refractivity contribution in [2.24, 2.45) is 7.05 Å². The molecule has 2 aromatic rings. The monoisotopic (exact) mass is 246 g/mol.